The number of benzene rings is 1. The maximum Gasteiger partial charge on any atom is 0.135 e. The smallest absolute Gasteiger partial charge is 0.135 e. The van der Waals surface area contributed by atoms with Gasteiger partial charge >= 0.3 is 0 Å². The summed E-state index contributed by atoms with van der Waals surface area (Å²) in [5.74, 6) is 0.626. The Kier molecular flexibility index (Phi) is 2.93. The fourth-order valence-corrected chi connectivity index (χ4v) is 2.08. The minimum absolute atomic E-state index is 0.626. The zero-order chi connectivity index (χ0) is 9.90. The first-order valence-corrected chi connectivity index (χ1v) is 5.77. The predicted octanol–water partition coefficient (Wildman–Crippen LogP) is 1.78. The molecule has 1 atom stereocenters. The molecular weight excluding hydrogens is 186 g/mol. The van der Waals surface area contributed by atoms with E-state index in [-0.39, 0.29) is 0 Å². The number of methoxy groups -OCH3 is 1. The van der Waals surface area contributed by atoms with E-state index in [2.05, 4.69) is 4.36 Å². The summed E-state index contributed by atoms with van der Waals surface area (Å²) in [5.41, 5.74) is 0. The number of hydrogen-bond acceptors (Lipinski definition) is 3. The van der Waals surface area contributed by atoms with Gasteiger partial charge in [0.25, 0.3) is 0 Å². The van der Waals surface area contributed by atoms with Crippen molar-refractivity contribution in [3.63, 3.8) is 0 Å². The number of para-hydroxylation sites is 1. The van der Waals surface area contributed by atoms with E-state index in [4.69, 9.17) is 4.74 Å². The molecule has 1 aromatic rings. The maximum atomic E-state index is 11.9. The van der Waals surface area contributed by atoms with Crippen LogP contribution in [0.4, 0.5) is 0 Å². The van der Waals surface area contributed by atoms with Crippen LogP contribution in [0.1, 0.15) is 0 Å². The van der Waals surface area contributed by atoms with Crippen LogP contribution >= 0.6 is 0 Å². The molecule has 0 saturated carbocycles. The first-order valence-electron chi connectivity index (χ1n) is 3.85. The first kappa shape index (κ1) is 10.1. The SMILES string of the molecule is CN=[S@@](C)(=O)c1ccccc1OC. The molecule has 0 radical (unpaired) electrons. The molecule has 72 valence electrons. The minimum Gasteiger partial charge on any atom is -0.495 e. The van der Waals surface area contributed by atoms with Crippen LogP contribution in [0.25, 0.3) is 0 Å². The van der Waals surface area contributed by atoms with Crippen molar-refractivity contribution in [2.45, 2.75) is 4.90 Å². The van der Waals surface area contributed by atoms with Crippen LogP contribution in [0, 0.1) is 0 Å². The molecule has 0 spiro atoms. The lowest BCUT2D eigenvalue weighted by Crippen LogP contribution is -1.99. The Hall–Kier alpha value is -1.03. The lowest BCUT2D eigenvalue weighted by molar-refractivity contribution is 0.404. The fraction of sp³-hybridized carbons (Fsp3) is 0.333. The van der Waals surface area contributed by atoms with Crippen molar-refractivity contribution in [3.8, 4) is 5.75 Å². The quantitative estimate of drug-likeness (QED) is 0.728. The van der Waals surface area contributed by atoms with Crippen LogP contribution < -0.4 is 4.74 Å². The molecular formula is C9H13NO2S. The molecule has 0 fully saturated rings. The van der Waals surface area contributed by atoms with Crippen molar-refractivity contribution < 1.29 is 8.95 Å². The van der Waals surface area contributed by atoms with Crippen molar-refractivity contribution in [2.75, 3.05) is 20.4 Å². The topological polar surface area (TPSA) is 38.7 Å². The highest BCUT2D eigenvalue weighted by Gasteiger charge is 2.09. The van der Waals surface area contributed by atoms with Gasteiger partial charge < -0.3 is 4.74 Å². The van der Waals surface area contributed by atoms with Crippen LogP contribution in [-0.2, 0) is 9.73 Å². The van der Waals surface area contributed by atoms with Gasteiger partial charge in [-0.25, -0.2) is 8.57 Å². The van der Waals surface area contributed by atoms with Gasteiger partial charge in [0.1, 0.15) is 5.75 Å². The van der Waals surface area contributed by atoms with Crippen LogP contribution in [0.3, 0.4) is 0 Å². The summed E-state index contributed by atoms with van der Waals surface area (Å²) in [6.45, 7) is 0. The monoisotopic (exact) mass is 199 g/mol. The summed E-state index contributed by atoms with van der Waals surface area (Å²) >= 11 is 0. The van der Waals surface area contributed by atoms with Gasteiger partial charge in [0, 0.05) is 13.3 Å². The van der Waals surface area contributed by atoms with Gasteiger partial charge in [0.2, 0.25) is 0 Å². The average Bonchev–Trinajstić information content (AvgIpc) is 2.18. The van der Waals surface area contributed by atoms with E-state index in [0.29, 0.717) is 10.6 Å². The van der Waals surface area contributed by atoms with E-state index in [1.165, 1.54) is 0 Å². The molecule has 3 nitrogen and oxygen atoms in total. The zero-order valence-corrected chi connectivity index (χ0v) is 8.80. The number of ether oxygens (including phenoxy) is 1. The van der Waals surface area contributed by atoms with Crippen LogP contribution in [0.2, 0.25) is 0 Å². The van der Waals surface area contributed by atoms with Crippen LogP contribution in [0.5, 0.6) is 5.75 Å². The van der Waals surface area contributed by atoms with Gasteiger partial charge in [-0.1, -0.05) is 12.1 Å². The molecule has 1 rings (SSSR count). The third-order valence-electron chi connectivity index (χ3n) is 1.83. The molecule has 0 N–H and O–H groups in total. The highest BCUT2D eigenvalue weighted by Crippen LogP contribution is 2.23. The molecule has 0 heterocycles. The molecule has 4 heteroatoms. The molecule has 0 unspecified atom stereocenters. The van der Waals surface area contributed by atoms with Crippen molar-refractivity contribution in [1.29, 1.82) is 0 Å². The standard InChI is InChI=1S/C9H13NO2S/c1-10-13(3,11)9-7-5-4-6-8(9)12-2/h4-7H,1-3H3/t13-/m0/s1. The predicted molar refractivity (Wildman–Crippen MR) is 53.7 cm³/mol. The molecule has 0 bridgehead atoms. The summed E-state index contributed by atoms with van der Waals surface area (Å²) in [6, 6.07) is 7.22. The number of hydrogen-bond donors (Lipinski definition) is 0. The Morgan fingerprint density at radius 1 is 1.38 bits per heavy atom. The van der Waals surface area contributed by atoms with Gasteiger partial charge in [-0.15, -0.1) is 0 Å². The van der Waals surface area contributed by atoms with Crippen molar-refractivity contribution in [1.82, 2.24) is 0 Å². The molecule has 0 aliphatic carbocycles. The second-order valence-corrected chi connectivity index (χ2v) is 5.05. The summed E-state index contributed by atoms with van der Waals surface area (Å²) in [4.78, 5) is 0.653. The van der Waals surface area contributed by atoms with Gasteiger partial charge in [0.15, 0.2) is 0 Å². The lowest BCUT2D eigenvalue weighted by atomic mass is 10.3. The van der Waals surface area contributed by atoms with E-state index in [1.807, 2.05) is 12.1 Å². The average molecular weight is 199 g/mol. The third-order valence-corrected chi connectivity index (χ3v) is 3.68. The largest absolute Gasteiger partial charge is 0.495 e. The Labute approximate surface area is 78.9 Å². The zero-order valence-electron chi connectivity index (χ0n) is 7.98. The summed E-state index contributed by atoms with van der Waals surface area (Å²) < 4.78 is 20.8. The molecule has 13 heavy (non-hydrogen) atoms. The Balaban J connectivity index is 3.38. The van der Waals surface area contributed by atoms with E-state index >= 15 is 0 Å². The summed E-state index contributed by atoms with van der Waals surface area (Å²) in [6.07, 6.45) is 1.60. The van der Waals surface area contributed by atoms with Gasteiger partial charge in [-0.3, -0.25) is 0 Å². The Morgan fingerprint density at radius 2 is 2.00 bits per heavy atom. The fourth-order valence-electron chi connectivity index (χ4n) is 1.03. The lowest BCUT2D eigenvalue weighted by Gasteiger charge is -2.08. The van der Waals surface area contributed by atoms with Gasteiger partial charge in [0.05, 0.1) is 21.7 Å². The molecule has 0 aliphatic rings. The van der Waals surface area contributed by atoms with Gasteiger partial charge in [-0.05, 0) is 12.1 Å². The van der Waals surface area contributed by atoms with E-state index in [9.17, 15) is 4.21 Å². The first-order chi connectivity index (χ1) is 6.11. The molecule has 0 saturated heterocycles. The summed E-state index contributed by atoms with van der Waals surface area (Å²) in [7, 11) is 0.819. The highest BCUT2D eigenvalue weighted by atomic mass is 32.2. The summed E-state index contributed by atoms with van der Waals surface area (Å²) in [5, 5.41) is 0. The molecule has 0 amide bonds. The van der Waals surface area contributed by atoms with Crippen molar-refractivity contribution in [3.05, 3.63) is 24.3 Å². The molecule has 1 aromatic carbocycles. The van der Waals surface area contributed by atoms with Crippen molar-refractivity contribution in [2.24, 2.45) is 4.36 Å². The highest BCUT2D eigenvalue weighted by molar-refractivity contribution is 7.93. The normalized spacial score (nSPS) is 14.7. The van der Waals surface area contributed by atoms with Crippen LogP contribution in [0.15, 0.2) is 33.5 Å². The minimum atomic E-state index is -2.29. The van der Waals surface area contributed by atoms with E-state index in [0.717, 1.165) is 0 Å². The maximum absolute atomic E-state index is 11.9. The van der Waals surface area contributed by atoms with Gasteiger partial charge in [-0.2, -0.15) is 0 Å². The van der Waals surface area contributed by atoms with Crippen molar-refractivity contribution >= 4 is 9.73 Å². The van der Waals surface area contributed by atoms with E-state index < -0.39 is 9.73 Å². The second-order valence-electron chi connectivity index (χ2n) is 2.64. The third kappa shape index (κ3) is 2.01. The Morgan fingerprint density at radius 3 is 2.54 bits per heavy atom. The Bertz CT molecular complexity index is 406. The number of rotatable bonds is 2. The van der Waals surface area contributed by atoms with Crippen LogP contribution in [-0.4, -0.2) is 24.6 Å². The molecule has 0 aliphatic heterocycles. The second kappa shape index (κ2) is 3.79. The van der Waals surface area contributed by atoms with E-state index in [1.54, 1.807) is 32.5 Å². The number of nitrogens with zero attached hydrogens (tertiary/aromatic N) is 1. The molecule has 0 aromatic heterocycles.